The number of hydrogen-bond donors (Lipinski definition) is 1. The number of carboxylic acid groups (broad SMARTS) is 1. The molecule has 1 spiro atoms. The molecule has 1 N–H and O–H groups in total. The van der Waals surface area contributed by atoms with Crippen molar-refractivity contribution in [2.24, 2.45) is 5.41 Å². The standard InChI is InChI=1S/C21H25ClN4O3/c1-15-3-2-4-16(18(15)22)13-24-10-6-21(14-24)7-11-25(12-8-21)20(29)26-9-5-17(23-26)19(27)28/h2-5,9H,6-8,10-14H2,1H3,(H,27,28). The van der Waals surface area contributed by atoms with E-state index in [0.29, 0.717) is 13.1 Å². The Labute approximate surface area is 174 Å². The van der Waals surface area contributed by atoms with Crippen molar-refractivity contribution >= 4 is 23.6 Å². The fourth-order valence-electron chi connectivity index (χ4n) is 4.50. The zero-order chi connectivity index (χ0) is 20.6. The van der Waals surface area contributed by atoms with E-state index in [9.17, 15) is 9.59 Å². The van der Waals surface area contributed by atoms with Gasteiger partial charge in [-0.1, -0.05) is 29.8 Å². The third kappa shape index (κ3) is 4.02. The van der Waals surface area contributed by atoms with E-state index < -0.39 is 5.97 Å². The minimum absolute atomic E-state index is 0.118. The maximum atomic E-state index is 12.6. The molecule has 2 saturated heterocycles. The smallest absolute Gasteiger partial charge is 0.356 e. The van der Waals surface area contributed by atoms with E-state index in [4.69, 9.17) is 16.7 Å². The number of piperidine rings is 1. The molecule has 2 aromatic rings. The Morgan fingerprint density at radius 3 is 2.59 bits per heavy atom. The zero-order valence-electron chi connectivity index (χ0n) is 16.5. The van der Waals surface area contributed by atoms with Crippen LogP contribution in [0.4, 0.5) is 4.79 Å². The summed E-state index contributed by atoms with van der Waals surface area (Å²) in [6.07, 6.45) is 4.44. The third-order valence-corrected chi connectivity index (χ3v) is 6.82. The number of likely N-dealkylation sites (tertiary alicyclic amines) is 2. The molecule has 154 valence electrons. The van der Waals surface area contributed by atoms with Gasteiger partial charge in [0, 0.05) is 37.4 Å². The van der Waals surface area contributed by atoms with Gasteiger partial charge in [0.25, 0.3) is 0 Å². The Morgan fingerprint density at radius 2 is 1.90 bits per heavy atom. The van der Waals surface area contributed by atoms with E-state index >= 15 is 0 Å². The normalized spacial score (nSPS) is 19.0. The Kier molecular flexibility index (Phi) is 5.36. The van der Waals surface area contributed by atoms with Crippen LogP contribution in [0, 0.1) is 12.3 Å². The summed E-state index contributed by atoms with van der Waals surface area (Å²) in [5, 5.41) is 13.7. The van der Waals surface area contributed by atoms with Gasteiger partial charge in [-0.25, -0.2) is 9.59 Å². The summed E-state index contributed by atoms with van der Waals surface area (Å²) in [5.74, 6) is -1.13. The minimum atomic E-state index is -1.13. The van der Waals surface area contributed by atoms with Crippen molar-refractivity contribution in [3.8, 4) is 0 Å². The predicted molar refractivity (Wildman–Crippen MR) is 109 cm³/mol. The highest BCUT2D eigenvalue weighted by Crippen LogP contribution is 2.41. The molecule has 1 amide bonds. The number of carbonyl (C=O) groups excluding carboxylic acids is 1. The largest absolute Gasteiger partial charge is 0.476 e. The van der Waals surface area contributed by atoms with Crippen LogP contribution in [0.1, 0.15) is 40.9 Å². The second kappa shape index (κ2) is 7.80. The molecule has 1 aromatic carbocycles. The first-order valence-electron chi connectivity index (χ1n) is 9.91. The second-order valence-electron chi connectivity index (χ2n) is 8.23. The molecule has 3 heterocycles. The van der Waals surface area contributed by atoms with Crippen molar-refractivity contribution in [2.45, 2.75) is 32.7 Å². The highest BCUT2D eigenvalue weighted by Gasteiger charge is 2.41. The Morgan fingerprint density at radius 1 is 1.17 bits per heavy atom. The van der Waals surface area contributed by atoms with E-state index in [0.717, 1.165) is 54.2 Å². The highest BCUT2D eigenvalue weighted by molar-refractivity contribution is 6.32. The molecule has 2 aliphatic heterocycles. The Hall–Kier alpha value is -2.38. The Bertz CT molecular complexity index is 934. The molecule has 2 fully saturated rings. The lowest BCUT2D eigenvalue weighted by molar-refractivity contribution is 0.0689. The van der Waals surface area contributed by atoms with Gasteiger partial charge in [0.2, 0.25) is 0 Å². The van der Waals surface area contributed by atoms with E-state index in [2.05, 4.69) is 22.1 Å². The summed E-state index contributed by atoms with van der Waals surface area (Å²) in [4.78, 5) is 27.8. The van der Waals surface area contributed by atoms with Gasteiger partial charge >= 0.3 is 12.0 Å². The van der Waals surface area contributed by atoms with Crippen molar-refractivity contribution in [2.75, 3.05) is 26.2 Å². The molecular weight excluding hydrogens is 392 g/mol. The molecule has 0 radical (unpaired) electrons. The van der Waals surface area contributed by atoms with Crippen molar-refractivity contribution in [3.63, 3.8) is 0 Å². The van der Waals surface area contributed by atoms with Gasteiger partial charge < -0.3 is 10.0 Å². The van der Waals surface area contributed by atoms with Gasteiger partial charge in [0.1, 0.15) is 0 Å². The quantitative estimate of drug-likeness (QED) is 0.828. The van der Waals surface area contributed by atoms with Crippen LogP contribution in [0.3, 0.4) is 0 Å². The first-order chi connectivity index (χ1) is 13.9. The number of halogens is 1. The molecule has 4 rings (SSSR count). The van der Waals surface area contributed by atoms with E-state index in [1.165, 1.54) is 17.8 Å². The zero-order valence-corrected chi connectivity index (χ0v) is 17.2. The lowest BCUT2D eigenvalue weighted by Crippen LogP contribution is -2.45. The van der Waals surface area contributed by atoms with E-state index in [-0.39, 0.29) is 17.1 Å². The van der Waals surface area contributed by atoms with Crippen LogP contribution in [0.25, 0.3) is 0 Å². The molecule has 0 saturated carbocycles. The van der Waals surface area contributed by atoms with Crippen LogP contribution >= 0.6 is 11.6 Å². The number of amides is 1. The molecule has 1 aromatic heterocycles. The van der Waals surface area contributed by atoms with Crippen molar-refractivity contribution in [3.05, 3.63) is 52.3 Å². The lowest BCUT2D eigenvalue weighted by atomic mass is 9.78. The number of aromatic nitrogens is 2. The summed E-state index contributed by atoms with van der Waals surface area (Å²) in [6.45, 7) is 6.28. The number of nitrogens with zero attached hydrogens (tertiary/aromatic N) is 4. The van der Waals surface area contributed by atoms with Gasteiger partial charge in [0.05, 0.1) is 0 Å². The molecular formula is C21H25ClN4O3. The highest BCUT2D eigenvalue weighted by atomic mass is 35.5. The van der Waals surface area contributed by atoms with Gasteiger partial charge in [0.15, 0.2) is 5.69 Å². The third-order valence-electron chi connectivity index (χ3n) is 6.28. The fraction of sp³-hybridized carbons (Fsp3) is 0.476. The summed E-state index contributed by atoms with van der Waals surface area (Å²) in [5.41, 5.74) is 2.40. The van der Waals surface area contributed by atoms with Crippen LogP contribution in [0.15, 0.2) is 30.5 Å². The molecule has 0 bridgehead atoms. The van der Waals surface area contributed by atoms with Crippen molar-refractivity contribution < 1.29 is 14.7 Å². The van der Waals surface area contributed by atoms with Crippen molar-refractivity contribution in [1.29, 1.82) is 0 Å². The molecule has 7 nitrogen and oxygen atoms in total. The van der Waals surface area contributed by atoms with E-state index in [1.54, 1.807) is 4.90 Å². The maximum absolute atomic E-state index is 12.6. The monoisotopic (exact) mass is 416 g/mol. The number of carbonyl (C=O) groups is 2. The molecule has 0 aliphatic carbocycles. The number of hydrogen-bond acceptors (Lipinski definition) is 4. The number of benzene rings is 1. The first-order valence-corrected chi connectivity index (χ1v) is 10.3. The minimum Gasteiger partial charge on any atom is -0.476 e. The molecule has 0 atom stereocenters. The SMILES string of the molecule is Cc1cccc(CN2CCC3(CCN(C(=O)n4ccc(C(=O)O)n4)CC3)C2)c1Cl. The molecule has 8 heteroatoms. The Balaban J connectivity index is 1.35. The molecule has 29 heavy (non-hydrogen) atoms. The van der Waals surface area contributed by atoms with Gasteiger partial charge in [-0.3, -0.25) is 4.90 Å². The summed E-state index contributed by atoms with van der Waals surface area (Å²) in [7, 11) is 0. The predicted octanol–water partition coefficient (Wildman–Crippen LogP) is 3.50. The average molecular weight is 417 g/mol. The number of rotatable bonds is 3. The number of aromatic carboxylic acids is 1. The van der Waals surface area contributed by atoms with Gasteiger partial charge in [-0.05, 0) is 55.3 Å². The molecule has 0 unspecified atom stereocenters. The number of carboxylic acids is 1. The van der Waals surface area contributed by atoms with Crippen LogP contribution in [-0.4, -0.2) is 62.9 Å². The van der Waals surface area contributed by atoms with Crippen molar-refractivity contribution in [1.82, 2.24) is 19.6 Å². The second-order valence-corrected chi connectivity index (χ2v) is 8.61. The lowest BCUT2D eigenvalue weighted by Gasteiger charge is -2.39. The van der Waals surface area contributed by atoms with Gasteiger partial charge in [-0.15, -0.1) is 0 Å². The van der Waals surface area contributed by atoms with Crippen LogP contribution in [0.5, 0.6) is 0 Å². The maximum Gasteiger partial charge on any atom is 0.356 e. The molecule has 2 aliphatic rings. The van der Waals surface area contributed by atoms with Crippen LogP contribution in [-0.2, 0) is 6.54 Å². The van der Waals surface area contributed by atoms with Gasteiger partial charge in [-0.2, -0.15) is 9.78 Å². The first kappa shape index (κ1) is 19.9. The average Bonchev–Trinajstić information content (AvgIpc) is 3.34. The topological polar surface area (TPSA) is 78.7 Å². The summed E-state index contributed by atoms with van der Waals surface area (Å²) < 4.78 is 1.13. The summed E-state index contributed by atoms with van der Waals surface area (Å²) in [6, 6.07) is 7.27. The fourth-order valence-corrected chi connectivity index (χ4v) is 4.69. The summed E-state index contributed by atoms with van der Waals surface area (Å²) >= 11 is 6.47. The van der Waals surface area contributed by atoms with E-state index in [1.807, 2.05) is 13.0 Å². The number of aryl methyl sites for hydroxylation is 1. The van der Waals surface area contributed by atoms with Crippen LogP contribution < -0.4 is 0 Å². The van der Waals surface area contributed by atoms with Crippen LogP contribution in [0.2, 0.25) is 5.02 Å².